The van der Waals surface area contributed by atoms with E-state index in [-0.39, 0.29) is 24.9 Å². The molecule has 0 atom stereocenters. The van der Waals surface area contributed by atoms with Gasteiger partial charge in [-0.15, -0.1) is 0 Å². The van der Waals surface area contributed by atoms with Gasteiger partial charge in [0.05, 0.1) is 16.0 Å². The van der Waals surface area contributed by atoms with Gasteiger partial charge in [0, 0.05) is 74.9 Å². The van der Waals surface area contributed by atoms with Gasteiger partial charge < -0.3 is 14.9 Å². The predicted octanol–water partition coefficient (Wildman–Crippen LogP) is 4.41. The second-order valence-electron chi connectivity index (χ2n) is 9.83. The monoisotopic (exact) mass is 626 g/mol. The fourth-order valence-corrected chi connectivity index (χ4v) is 7.21. The maximum Gasteiger partial charge on any atom is 0.306 e. The number of halogens is 2. The summed E-state index contributed by atoms with van der Waals surface area (Å²) in [7, 11) is -0.527. The van der Waals surface area contributed by atoms with Crippen molar-refractivity contribution >= 4 is 68.8 Å². The molecule has 216 valence electrons. The molecule has 2 aromatic rings. The number of amides is 1. The lowest BCUT2D eigenvalue weighted by Crippen LogP contribution is -2.52. The van der Waals surface area contributed by atoms with E-state index in [0.717, 1.165) is 15.5 Å². The molecule has 1 N–H and O–H groups in total. The molecule has 40 heavy (non-hydrogen) atoms. The van der Waals surface area contributed by atoms with Gasteiger partial charge in [0.2, 0.25) is 5.91 Å². The van der Waals surface area contributed by atoms with Crippen LogP contribution < -0.4 is 4.90 Å². The highest BCUT2D eigenvalue weighted by atomic mass is 35.5. The first-order valence-corrected chi connectivity index (χ1v) is 15.8. The van der Waals surface area contributed by atoms with Crippen LogP contribution >= 0.6 is 35.0 Å². The number of carboxylic acids is 1. The Morgan fingerprint density at radius 3 is 2.30 bits per heavy atom. The maximum absolute atomic E-state index is 12.7. The number of carbonyl (C=O) groups excluding carboxylic acids is 1. The van der Waals surface area contributed by atoms with Crippen LogP contribution in [-0.2, 0) is 19.8 Å². The molecular weight excluding hydrogens is 595 g/mol. The van der Waals surface area contributed by atoms with Crippen molar-refractivity contribution in [1.29, 1.82) is 0 Å². The molecule has 0 aromatic heterocycles. The molecule has 2 aromatic carbocycles. The average Bonchev–Trinajstić information content (AvgIpc) is 2.95. The van der Waals surface area contributed by atoms with E-state index in [0.29, 0.717) is 54.6 Å². The van der Waals surface area contributed by atoms with Crippen molar-refractivity contribution in [2.45, 2.75) is 22.6 Å². The Hall–Kier alpha value is -2.28. The number of anilines is 1. The Kier molecular flexibility index (Phi) is 10.1. The minimum atomic E-state index is -3.50. The van der Waals surface area contributed by atoms with Gasteiger partial charge in [0.25, 0.3) is 10.2 Å². The third-order valence-electron chi connectivity index (χ3n) is 7.08. The lowest BCUT2D eigenvalue weighted by Gasteiger charge is -2.34. The van der Waals surface area contributed by atoms with Gasteiger partial charge in [-0.1, -0.05) is 47.1 Å². The van der Waals surface area contributed by atoms with E-state index in [4.69, 9.17) is 23.2 Å². The van der Waals surface area contributed by atoms with Crippen molar-refractivity contribution in [2.75, 3.05) is 58.3 Å². The van der Waals surface area contributed by atoms with Crippen molar-refractivity contribution in [3.63, 3.8) is 0 Å². The largest absolute Gasteiger partial charge is 0.481 e. The summed E-state index contributed by atoms with van der Waals surface area (Å²) < 4.78 is 27.1. The SMILES string of the molecule is CN(C)S(=O)(=O)N1CCN(C(=O)/C=C/c2ccc(Sc3cccc(N4CCC(C(=O)O)CC4)c3)c(Cl)c2Cl)CC1. The Labute approximate surface area is 249 Å². The third kappa shape index (κ3) is 7.13. The Bertz CT molecular complexity index is 1390. The average molecular weight is 628 g/mol. The van der Waals surface area contributed by atoms with E-state index in [1.165, 1.54) is 40.5 Å². The Morgan fingerprint density at radius 2 is 1.68 bits per heavy atom. The summed E-state index contributed by atoms with van der Waals surface area (Å²) >= 11 is 14.7. The fourth-order valence-electron chi connectivity index (χ4n) is 4.65. The number of benzene rings is 2. The summed E-state index contributed by atoms with van der Waals surface area (Å²) in [5.74, 6) is -1.24. The standard InChI is InChI=1S/C27H32Cl2N4O5S2/c1-30(2)40(37,38)33-16-14-32(15-17-33)24(34)9-7-19-6-8-23(26(29)25(19)28)39-22-5-3-4-21(18-22)31-12-10-20(11-13-31)27(35)36/h3-9,18,20H,10-17H2,1-2H3,(H,35,36)/b9-7+. The first-order chi connectivity index (χ1) is 19.0. The molecule has 0 saturated carbocycles. The van der Waals surface area contributed by atoms with Gasteiger partial charge in [0.15, 0.2) is 0 Å². The van der Waals surface area contributed by atoms with Crippen LogP contribution in [0.1, 0.15) is 18.4 Å². The normalized spacial score (nSPS) is 17.6. The van der Waals surface area contributed by atoms with Crippen LogP contribution in [-0.4, -0.2) is 92.3 Å². The number of carboxylic acid groups (broad SMARTS) is 1. The highest BCUT2D eigenvalue weighted by Gasteiger charge is 2.29. The molecule has 2 aliphatic heterocycles. The second-order valence-corrected chi connectivity index (χ2v) is 13.8. The molecule has 2 heterocycles. The summed E-state index contributed by atoms with van der Waals surface area (Å²) in [4.78, 5) is 29.5. The zero-order valence-electron chi connectivity index (χ0n) is 22.3. The van der Waals surface area contributed by atoms with E-state index in [9.17, 15) is 23.1 Å². The predicted molar refractivity (Wildman–Crippen MR) is 159 cm³/mol. The van der Waals surface area contributed by atoms with Crippen molar-refractivity contribution in [3.05, 3.63) is 58.1 Å². The van der Waals surface area contributed by atoms with Gasteiger partial charge >= 0.3 is 5.97 Å². The van der Waals surface area contributed by atoms with Crippen molar-refractivity contribution < 1.29 is 23.1 Å². The molecule has 0 radical (unpaired) electrons. The number of nitrogens with zero attached hydrogens (tertiary/aromatic N) is 4. The second kappa shape index (κ2) is 13.1. The van der Waals surface area contributed by atoms with Gasteiger partial charge in [-0.25, -0.2) is 0 Å². The smallest absolute Gasteiger partial charge is 0.306 e. The molecule has 2 fully saturated rings. The maximum atomic E-state index is 12.7. The first kappa shape index (κ1) is 30.7. The molecule has 0 bridgehead atoms. The summed E-state index contributed by atoms with van der Waals surface area (Å²) in [5.41, 5.74) is 1.64. The molecule has 13 heteroatoms. The van der Waals surface area contributed by atoms with E-state index in [2.05, 4.69) is 11.0 Å². The number of carbonyl (C=O) groups is 2. The molecule has 0 aliphatic carbocycles. The molecule has 4 rings (SSSR count). The minimum absolute atomic E-state index is 0.225. The fraction of sp³-hybridized carbons (Fsp3) is 0.407. The number of piperazine rings is 1. The van der Waals surface area contributed by atoms with E-state index < -0.39 is 16.2 Å². The van der Waals surface area contributed by atoms with E-state index in [1.807, 2.05) is 30.3 Å². The molecule has 2 aliphatic rings. The van der Waals surface area contributed by atoms with Crippen LogP contribution in [0.2, 0.25) is 10.0 Å². The van der Waals surface area contributed by atoms with Gasteiger partial charge in [-0.05, 0) is 48.7 Å². The third-order valence-corrected chi connectivity index (χ3v) is 11.1. The van der Waals surface area contributed by atoms with E-state index >= 15 is 0 Å². The van der Waals surface area contributed by atoms with Gasteiger partial charge in [-0.3, -0.25) is 9.59 Å². The number of rotatable bonds is 8. The first-order valence-electron chi connectivity index (χ1n) is 12.9. The minimum Gasteiger partial charge on any atom is -0.481 e. The molecular formula is C27H32Cl2N4O5S2. The van der Waals surface area contributed by atoms with Crippen molar-refractivity contribution in [3.8, 4) is 0 Å². The van der Waals surface area contributed by atoms with Gasteiger partial charge in [-0.2, -0.15) is 17.0 Å². The number of hydrogen-bond donors (Lipinski definition) is 1. The lowest BCUT2D eigenvalue weighted by molar-refractivity contribution is -0.142. The van der Waals surface area contributed by atoms with E-state index in [1.54, 1.807) is 11.0 Å². The number of aliphatic carboxylic acids is 1. The topological polar surface area (TPSA) is 101 Å². The zero-order valence-corrected chi connectivity index (χ0v) is 25.4. The Morgan fingerprint density at radius 1 is 1.00 bits per heavy atom. The number of hydrogen-bond acceptors (Lipinski definition) is 6. The molecule has 0 unspecified atom stereocenters. The quantitative estimate of drug-likeness (QED) is 0.433. The molecule has 9 nitrogen and oxygen atoms in total. The highest BCUT2D eigenvalue weighted by molar-refractivity contribution is 7.99. The van der Waals surface area contributed by atoms with Crippen LogP contribution in [0.25, 0.3) is 6.08 Å². The summed E-state index contributed by atoms with van der Waals surface area (Å²) in [6.45, 7) is 2.47. The number of piperidine rings is 1. The molecule has 1 amide bonds. The van der Waals surface area contributed by atoms with Crippen LogP contribution in [0.3, 0.4) is 0 Å². The van der Waals surface area contributed by atoms with Crippen molar-refractivity contribution in [1.82, 2.24) is 13.5 Å². The summed E-state index contributed by atoms with van der Waals surface area (Å²) in [6.07, 6.45) is 4.30. The Balaban J connectivity index is 1.38. The van der Waals surface area contributed by atoms with Gasteiger partial charge in [0.1, 0.15) is 0 Å². The zero-order chi connectivity index (χ0) is 29.0. The summed E-state index contributed by atoms with van der Waals surface area (Å²) in [5, 5.41) is 9.97. The summed E-state index contributed by atoms with van der Waals surface area (Å²) in [6, 6.07) is 11.7. The van der Waals surface area contributed by atoms with Crippen LogP contribution in [0.4, 0.5) is 5.69 Å². The van der Waals surface area contributed by atoms with Crippen LogP contribution in [0.15, 0.2) is 52.3 Å². The van der Waals surface area contributed by atoms with Crippen molar-refractivity contribution in [2.24, 2.45) is 5.92 Å². The lowest BCUT2D eigenvalue weighted by atomic mass is 9.97. The highest BCUT2D eigenvalue weighted by Crippen LogP contribution is 2.40. The van der Waals surface area contributed by atoms with Crippen LogP contribution in [0, 0.1) is 5.92 Å². The van der Waals surface area contributed by atoms with Crippen LogP contribution in [0.5, 0.6) is 0 Å². The molecule has 0 spiro atoms. The molecule has 2 saturated heterocycles.